The summed E-state index contributed by atoms with van der Waals surface area (Å²) in [5, 5.41) is 11.2. The minimum atomic E-state index is -0.993. The van der Waals surface area contributed by atoms with Crippen molar-refractivity contribution in [1.82, 2.24) is 10.2 Å². The Morgan fingerprint density at radius 2 is 2.20 bits per heavy atom. The van der Waals surface area contributed by atoms with Gasteiger partial charge >= 0.3 is 12.0 Å². The number of amides is 2. The van der Waals surface area contributed by atoms with E-state index in [1.165, 1.54) is 13.3 Å². The molecule has 0 radical (unpaired) electrons. The van der Waals surface area contributed by atoms with Crippen LogP contribution in [0.25, 0.3) is 0 Å². The lowest BCUT2D eigenvalue weighted by Gasteiger charge is -2.27. The quantitative estimate of drug-likeness (QED) is 0.706. The van der Waals surface area contributed by atoms with Crippen molar-refractivity contribution in [3.8, 4) is 0 Å². The number of aliphatic carboxylic acids is 1. The first-order valence-electron chi connectivity index (χ1n) is 5.38. The molecule has 2 bridgehead atoms. The predicted molar refractivity (Wildman–Crippen MR) is 53.5 cm³/mol. The largest absolute Gasteiger partial charge is 0.480 e. The number of hydrogen-bond donors (Lipinski definition) is 2. The lowest BCUT2D eigenvalue weighted by atomic mass is 10.1. The lowest BCUT2D eigenvalue weighted by molar-refractivity contribution is -0.138. The third-order valence-electron chi connectivity index (χ3n) is 3.38. The zero-order chi connectivity index (χ0) is 11.0. The Bertz CT molecular complexity index is 292. The minimum absolute atomic E-state index is 0.225. The zero-order valence-electron chi connectivity index (χ0n) is 8.77. The van der Waals surface area contributed by atoms with Crippen LogP contribution in [0.4, 0.5) is 4.79 Å². The van der Waals surface area contributed by atoms with Gasteiger partial charge in [-0.05, 0) is 32.1 Å². The summed E-state index contributed by atoms with van der Waals surface area (Å²) in [6, 6.07) is -0.690. The normalized spacial score (nSPS) is 30.3. The fourth-order valence-electron chi connectivity index (χ4n) is 2.50. The number of nitrogens with one attached hydrogen (secondary N) is 1. The summed E-state index contributed by atoms with van der Waals surface area (Å²) < 4.78 is 0. The van der Waals surface area contributed by atoms with E-state index in [1.807, 2.05) is 0 Å². The molecule has 2 fully saturated rings. The van der Waals surface area contributed by atoms with Crippen LogP contribution >= 0.6 is 0 Å². The van der Waals surface area contributed by atoms with Crippen molar-refractivity contribution in [1.29, 1.82) is 0 Å². The van der Waals surface area contributed by atoms with Crippen LogP contribution in [0.1, 0.15) is 26.2 Å². The van der Waals surface area contributed by atoms with E-state index >= 15 is 0 Å². The third-order valence-corrected chi connectivity index (χ3v) is 3.38. The molecule has 0 aromatic heterocycles. The van der Waals surface area contributed by atoms with Crippen LogP contribution in [0.15, 0.2) is 0 Å². The first-order chi connectivity index (χ1) is 7.08. The van der Waals surface area contributed by atoms with Crippen molar-refractivity contribution in [2.75, 3.05) is 6.54 Å². The van der Waals surface area contributed by atoms with E-state index < -0.39 is 12.0 Å². The predicted octanol–water partition coefficient (Wildman–Crippen LogP) is 0.653. The summed E-state index contributed by atoms with van der Waals surface area (Å²) in [5.74, 6) is -0.353. The highest BCUT2D eigenvalue weighted by Crippen LogP contribution is 2.37. The number of carboxylic acids is 1. The average Bonchev–Trinajstić information content (AvgIpc) is 2.78. The van der Waals surface area contributed by atoms with E-state index in [-0.39, 0.29) is 6.03 Å². The maximum Gasteiger partial charge on any atom is 0.325 e. The summed E-state index contributed by atoms with van der Waals surface area (Å²) in [5.41, 5.74) is 0. The maximum atomic E-state index is 11.7. The van der Waals surface area contributed by atoms with E-state index in [0.717, 1.165) is 19.4 Å². The van der Waals surface area contributed by atoms with Gasteiger partial charge in [-0.25, -0.2) is 4.79 Å². The highest BCUT2D eigenvalue weighted by atomic mass is 16.4. The number of urea groups is 1. The molecule has 0 spiro atoms. The van der Waals surface area contributed by atoms with Gasteiger partial charge in [-0.15, -0.1) is 0 Å². The Labute approximate surface area is 88.4 Å². The van der Waals surface area contributed by atoms with Crippen LogP contribution in [0.5, 0.6) is 0 Å². The molecule has 1 heterocycles. The summed E-state index contributed by atoms with van der Waals surface area (Å²) in [6.45, 7) is 2.28. The molecule has 1 saturated heterocycles. The number of hydrogen-bond acceptors (Lipinski definition) is 2. The van der Waals surface area contributed by atoms with Gasteiger partial charge in [-0.1, -0.05) is 0 Å². The van der Waals surface area contributed by atoms with Gasteiger partial charge in [0.1, 0.15) is 6.04 Å². The van der Waals surface area contributed by atoms with Gasteiger partial charge < -0.3 is 15.3 Å². The Morgan fingerprint density at radius 1 is 1.47 bits per heavy atom. The summed E-state index contributed by atoms with van der Waals surface area (Å²) in [7, 11) is 0. The average molecular weight is 212 g/mol. The third kappa shape index (κ3) is 1.91. The first kappa shape index (κ1) is 10.3. The maximum absolute atomic E-state index is 11.7. The number of carbonyl (C=O) groups excluding carboxylic acids is 1. The van der Waals surface area contributed by atoms with E-state index in [4.69, 9.17) is 5.11 Å². The smallest absolute Gasteiger partial charge is 0.325 e. The molecule has 2 aliphatic rings. The van der Waals surface area contributed by atoms with E-state index in [2.05, 4.69) is 5.32 Å². The molecule has 1 aliphatic heterocycles. The standard InChI is InChI=1S/C10H16N2O3/c1-6(9(13)14)11-10(15)12-5-7-2-3-8(12)4-7/h6-8H,2-5H2,1H3,(H,11,15)(H,13,14). The van der Waals surface area contributed by atoms with Gasteiger partial charge in [0, 0.05) is 12.6 Å². The molecule has 1 aliphatic carbocycles. The molecule has 5 heteroatoms. The van der Waals surface area contributed by atoms with Crippen LogP contribution in [0.3, 0.4) is 0 Å². The van der Waals surface area contributed by atoms with Crippen molar-refractivity contribution in [2.45, 2.75) is 38.3 Å². The SMILES string of the molecule is CC(NC(=O)N1CC2CCC1C2)C(=O)O. The zero-order valence-corrected chi connectivity index (χ0v) is 8.77. The second-order valence-electron chi connectivity index (χ2n) is 4.49. The monoisotopic (exact) mass is 212 g/mol. The summed E-state index contributed by atoms with van der Waals surface area (Å²) >= 11 is 0. The van der Waals surface area contributed by atoms with Crippen LogP contribution in [-0.4, -0.2) is 40.6 Å². The number of fused-ring (bicyclic) bond motifs is 2. The molecule has 3 atom stereocenters. The first-order valence-corrected chi connectivity index (χ1v) is 5.38. The van der Waals surface area contributed by atoms with Crippen molar-refractivity contribution >= 4 is 12.0 Å². The van der Waals surface area contributed by atoms with Gasteiger partial charge in [0.25, 0.3) is 0 Å². The number of piperidine rings is 1. The molecule has 2 N–H and O–H groups in total. The molecule has 0 aromatic carbocycles. The topological polar surface area (TPSA) is 69.6 Å². The van der Waals surface area contributed by atoms with Crippen LogP contribution in [0.2, 0.25) is 0 Å². The highest BCUT2D eigenvalue weighted by molar-refractivity contribution is 5.82. The molecule has 1 saturated carbocycles. The molecule has 3 unspecified atom stereocenters. The van der Waals surface area contributed by atoms with Gasteiger partial charge in [0.05, 0.1) is 0 Å². The molecule has 2 rings (SSSR count). The van der Waals surface area contributed by atoms with E-state index in [9.17, 15) is 9.59 Å². The van der Waals surface area contributed by atoms with Gasteiger partial charge in [0.2, 0.25) is 0 Å². The fourth-order valence-corrected chi connectivity index (χ4v) is 2.50. The number of carbonyl (C=O) groups is 2. The number of likely N-dealkylation sites (tertiary alicyclic amines) is 1. The molecular formula is C10H16N2O3. The Hall–Kier alpha value is -1.26. The minimum Gasteiger partial charge on any atom is -0.480 e. The second kappa shape index (κ2) is 3.72. The molecule has 15 heavy (non-hydrogen) atoms. The number of carboxylic acid groups (broad SMARTS) is 1. The van der Waals surface area contributed by atoms with E-state index in [0.29, 0.717) is 12.0 Å². The lowest BCUT2D eigenvalue weighted by Crippen LogP contribution is -2.49. The number of nitrogens with zero attached hydrogens (tertiary/aromatic N) is 1. The summed E-state index contributed by atoms with van der Waals surface area (Å²) in [4.78, 5) is 24.1. The summed E-state index contributed by atoms with van der Waals surface area (Å²) in [6.07, 6.45) is 3.37. The van der Waals surface area contributed by atoms with E-state index in [1.54, 1.807) is 4.90 Å². The van der Waals surface area contributed by atoms with Crippen molar-refractivity contribution in [3.05, 3.63) is 0 Å². The van der Waals surface area contributed by atoms with Crippen LogP contribution in [-0.2, 0) is 4.79 Å². The Kier molecular flexibility index (Phi) is 2.54. The van der Waals surface area contributed by atoms with Crippen molar-refractivity contribution in [2.24, 2.45) is 5.92 Å². The Morgan fingerprint density at radius 3 is 2.67 bits per heavy atom. The van der Waals surface area contributed by atoms with Gasteiger partial charge in [-0.3, -0.25) is 4.79 Å². The molecule has 2 amide bonds. The fraction of sp³-hybridized carbons (Fsp3) is 0.800. The molecule has 5 nitrogen and oxygen atoms in total. The van der Waals surface area contributed by atoms with Gasteiger partial charge in [-0.2, -0.15) is 0 Å². The number of rotatable bonds is 2. The van der Waals surface area contributed by atoms with Gasteiger partial charge in [0.15, 0.2) is 0 Å². The molecule has 84 valence electrons. The molecule has 0 aromatic rings. The Balaban J connectivity index is 1.89. The van der Waals surface area contributed by atoms with Crippen molar-refractivity contribution < 1.29 is 14.7 Å². The highest BCUT2D eigenvalue weighted by Gasteiger charge is 2.40. The van der Waals surface area contributed by atoms with Crippen LogP contribution < -0.4 is 5.32 Å². The molecular weight excluding hydrogens is 196 g/mol. The van der Waals surface area contributed by atoms with Crippen LogP contribution in [0, 0.1) is 5.92 Å². The van der Waals surface area contributed by atoms with Crippen molar-refractivity contribution in [3.63, 3.8) is 0 Å². The second-order valence-corrected chi connectivity index (χ2v) is 4.49.